The molecule has 144 valence electrons. The van der Waals surface area contributed by atoms with Crippen LogP contribution in [0.4, 0.5) is 0 Å². The Bertz CT molecular complexity index is 964. The molecule has 0 saturated carbocycles. The van der Waals surface area contributed by atoms with Crippen molar-refractivity contribution in [3.8, 4) is 0 Å². The molecular formula is C19H20Cl2N2O3S. The minimum atomic E-state index is -3.82. The standard InChI is InChI=1S/C19H20Cl2N2O3S/c1-13-6-7-15(12-14(13)2)19(24)22-8-10-23(11-9-22)27(25,26)18-16(20)4-3-5-17(18)21/h3-7,12H,8-11H2,1-2H3. The first-order valence-corrected chi connectivity index (χ1v) is 10.7. The number of benzene rings is 2. The van der Waals surface area contributed by atoms with Crippen molar-refractivity contribution in [3.05, 3.63) is 63.1 Å². The second-order valence-electron chi connectivity index (χ2n) is 6.55. The maximum atomic E-state index is 12.9. The normalized spacial score (nSPS) is 15.8. The van der Waals surface area contributed by atoms with Crippen LogP contribution in [0.15, 0.2) is 41.3 Å². The molecule has 1 amide bonds. The van der Waals surface area contributed by atoms with Crippen LogP contribution in [0.3, 0.4) is 0 Å². The third-order valence-electron chi connectivity index (χ3n) is 4.80. The first kappa shape index (κ1) is 20.1. The van der Waals surface area contributed by atoms with E-state index in [2.05, 4.69) is 0 Å². The zero-order valence-electron chi connectivity index (χ0n) is 15.1. The van der Waals surface area contributed by atoms with Crippen molar-refractivity contribution >= 4 is 39.1 Å². The van der Waals surface area contributed by atoms with E-state index >= 15 is 0 Å². The molecule has 1 aliphatic heterocycles. The van der Waals surface area contributed by atoms with E-state index in [1.807, 2.05) is 26.0 Å². The largest absolute Gasteiger partial charge is 0.336 e. The maximum absolute atomic E-state index is 12.9. The third-order valence-corrected chi connectivity index (χ3v) is 7.65. The minimum Gasteiger partial charge on any atom is -0.336 e. The van der Waals surface area contributed by atoms with Gasteiger partial charge in [0.25, 0.3) is 5.91 Å². The SMILES string of the molecule is Cc1ccc(C(=O)N2CCN(S(=O)(=O)c3c(Cl)cccc3Cl)CC2)cc1C. The molecule has 5 nitrogen and oxygen atoms in total. The summed E-state index contributed by atoms with van der Waals surface area (Å²) >= 11 is 12.1. The van der Waals surface area contributed by atoms with Gasteiger partial charge in [-0.2, -0.15) is 4.31 Å². The van der Waals surface area contributed by atoms with Crippen molar-refractivity contribution in [2.75, 3.05) is 26.2 Å². The fraction of sp³-hybridized carbons (Fsp3) is 0.316. The van der Waals surface area contributed by atoms with E-state index in [9.17, 15) is 13.2 Å². The molecule has 0 N–H and O–H groups in total. The highest BCUT2D eigenvalue weighted by Gasteiger charge is 2.33. The van der Waals surface area contributed by atoms with Gasteiger partial charge in [0.2, 0.25) is 10.0 Å². The van der Waals surface area contributed by atoms with Crippen LogP contribution >= 0.6 is 23.2 Å². The van der Waals surface area contributed by atoms with Gasteiger partial charge in [-0.3, -0.25) is 4.79 Å². The Kier molecular flexibility index (Phi) is 5.82. The summed E-state index contributed by atoms with van der Waals surface area (Å²) in [5, 5.41) is 0.187. The summed E-state index contributed by atoms with van der Waals surface area (Å²) in [5.41, 5.74) is 2.79. The van der Waals surface area contributed by atoms with E-state index in [-0.39, 0.29) is 33.9 Å². The van der Waals surface area contributed by atoms with Crippen LogP contribution in [-0.2, 0) is 10.0 Å². The molecule has 27 heavy (non-hydrogen) atoms. The highest BCUT2D eigenvalue weighted by atomic mass is 35.5. The summed E-state index contributed by atoms with van der Waals surface area (Å²) < 4.78 is 27.1. The fourth-order valence-electron chi connectivity index (χ4n) is 3.05. The Labute approximate surface area is 169 Å². The lowest BCUT2D eigenvalue weighted by Gasteiger charge is -2.34. The Morgan fingerprint density at radius 1 is 0.926 bits per heavy atom. The average Bonchev–Trinajstić information content (AvgIpc) is 2.63. The molecule has 3 rings (SSSR count). The van der Waals surface area contributed by atoms with Crippen molar-refractivity contribution in [2.24, 2.45) is 0 Å². The molecule has 0 aliphatic carbocycles. The molecular weight excluding hydrogens is 407 g/mol. The van der Waals surface area contributed by atoms with Gasteiger partial charge < -0.3 is 4.90 Å². The topological polar surface area (TPSA) is 57.7 Å². The van der Waals surface area contributed by atoms with Gasteiger partial charge in [0.05, 0.1) is 10.0 Å². The van der Waals surface area contributed by atoms with Gasteiger partial charge in [-0.05, 0) is 49.2 Å². The molecule has 0 atom stereocenters. The number of halogens is 2. The second kappa shape index (κ2) is 7.80. The number of amides is 1. The summed E-state index contributed by atoms with van der Waals surface area (Å²) in [4.78, 5) is 14.3. The molecule has 0 unspecified atom stereocenters. The lowest BCUT2D eigenvalue weighted by Crippen LogP contribution is -2.50. The van der Waals surface area contributed by atoms with E-state index in [0.29, 0.717) is 18.7 Å². The van der Waals surface area contributed by atoms with Gasteiger partial charge in [-0.25, -0.2) is 8.42 Å². The number of aryl methyl sites for hydroxylation is 2. The summed E-state index contributed by atoms with van der Waals surface area (Å²) in [7, 11) is -3.82. The average molecular weight is 427 g/mol. The Balaban J connectivity index is 1.75. The van der Waals surface area contributed by atoms with Crippen LogP contribution in [0, 0.1) is 13.8 Å². The molecule has 1 fully saturated rings. The molecule has 1 heterocycles. The highest BCUT2D eigenvalue weighted by molar-refractivity contribution is 7.89. The molecule has 1 aliphatic rings. The lowest BCUT2D eigenvalue weighted by atomic mass is 10.1. The van der Waals surface area contributed by atoms with Crippen LogP contribution in [-0.4, -0.2) is 49.7 Å². The zero-order chi connectivity index (χ0) is 19.8. The first-order chi connectivity index (χ1) is 12.7. The molecule has 2 aromatic carbocycles. The van der Waals surface area contributed by atoms with Crippen LogP contribution < -0.4 is 0 Å². The van der Waals surface area contributed by atoms with Gasteiger partial charge in [0, 0.05) is 31.7 Å². The number of sulfonamides is 1. The van der Waals surface area contributed by atoms with Gasteiger partial charge in [0.1, 0.15) is 4.90 Å². The van der Waals surface area contributed by atoms with Crippen molar-refractivity contribution in [1.29, 1.82) is 0 Å². The van der Waals surface area contributed by atoms with Crippen LogP contribution in [0.25, 0.3) is 0 Å². The quantitative estimate of drug-likeness (QED) is 0.750. The van der Waals surface area contributed by atoms with E-state index in [4.69, 9.17) is 23.2 Å². The molecule has 1 saturated heterocycles. The summed E-state index contributed by atoms with van der Waals surface area (Å²) in [6, 6.07) is 10.2. The highest BCUT2D eigenvalue weighted by Crippen LogP contribution is 2.32. The number of hydrogen-bond donors (Lipinski definition) is 0. The maximum Gasteiger partial charge on any atom is 0.253 e. The van der Waals surface area contributed by atoms with Crippen LogP contribution in [0.2, 0.25) is 10.0 Å². The summed E-state index contributed by atoms with van der Waals surface area (Å²) in [5.74, 6) is -0.0917. The van der Waals surface area contributed by atoms with Crippen molar-refractivity contribution in [3.63, 3.8) is 0 Å². The molecule has 0 spiro atoms. The number of hydrogen-bond acceptors (Lipinski definition) is 3. The predicted molar refractivity (Wildman–Crippen MR) is 107 cm³/mol. The molecule has 0 bridgehead atoms. The molecule has 8 heteroatoms. The number of rotatable bonds is 3. The van der Waals surface area contributed by atoms with Crippen LogP contribution in [0.1, 0.15) is 21.5 Å². The number of piperazine rings is 1. The lowest BCUT2D eigenvalue weighted by molar-refractivity contribution is 0.0698. The van der Waals surface area contributed by atoms with Gasteiger partial charge >= 0.3 is 0 Å². The Morgan fingerprint density at radius 2 is 1.52 bits per heavy atom. The summed E-state index contributed by atoms with van der Waals surface area (Å²) in [6.45, 7) is 4.97. The van der Waals surface area contributed by atoms with E-state index < -0.39 is 10.0 Å². The van der Waals surface area contributed by atoms with E-state index in [1.54, 1.807) is 17.0 Å². The van der Waals surface area contributed by atoms with E-state index in [1.165, 1.54) is 16.4 Å². The van der Waals surface area contributed by atoms with Crippen LogP contribution in [0.5, 0.6) is 0 Å². The Hall–Kier alpha value is -1.60. The first-order valence-electron chi connectivity index (χ1n) is 8.52. The van der Waals surface area contributed by atoms with Crippen molar-refractivity contribution in [2.45, 2.75) is 18.7 Å². The van der Waals surface area contributed by atoms with Crippen molar-refractivity contribution < 1.29 is 13.2 Å². The van der Waals surface area contributed by atoms with E-state index in [0.717, 1.165) is 11.1 Å². The monoisotopic (exact) mass is 426 g/mol. The summed E-state index contributed by atoms with van der Waals surface area (Å²) in [6.07, 6.45) is 0. The fourth-order valence-corrected chi connectivity index (χ4v) is 5.56. The minimum absolute atomic E-state index is 0.0812. The molecule has 2 aromatic rings. The van der Waals surface area contributed by atoms with Gasteiger partial charge in [-0.15, -0.1) is 0 Å². The number of carbonyl (C=O) groups is 1. The molecule has 0 radical (unpaired) electrons. The molecule has 0 aromatic heterocycles. The van der Waals surface area contributed by atoms with Crippen molar-refractivity contribution in [1.82, 2.24) is 9.21 Å². The third kappa shape index (κ3) is 3.99. The number of nitrogens with zero attached hydrogens (tertiary/aromatic N) is 2. The van der Waals surface area contributed by atoms with Gasteiger partial charge in [-0.1, -0.05) is 35.3 Å². The zero-order valence-corrected chi connectivity index (χ0v) is 17.4. The Morgan fingerprint density at radius 3 is 2.07 bits per heavy atom. The number of carbonyl (C=O) groups excluding carboxylic acids is 1. The predicted octanol–water partition coefficient (Wildman–Crippen LogP) is 3.76. The van der Waals surface area contributed by atoms with Gasteiger partial charge in [0.15, 0.2) is 0 Å². The smallest absolute Gasteiger partial charge is 0.253 e. The second-order valence-corrected chi connectivity index (χ2v) is 9.24.